The van der Waals surface area contributed by atoms with Crippen LogP contribution >= 0.6 is 11.3 Å². The molecule has 0 bridgehead atoms. The zero-order valence-corrected chi connectivity index (χ0v) is 19.4. The molecule has 1 aliphatic heterocycles. The Balaban J connectivity index is 1.56. The summed E-state index contributed by atoms with van der Waals surface area (Å²) < 4.78 is 10.7. The van der Waals surface area contributed by atoms with E-state index in [-0.39, 0.29) is 5.91 Å². The Morgan fingerprint density at radius 2 is 1.84 bits per heavy atom. The monoisotopic (exact) mass is 452 g/mol. The fourth-order valence-corrected chi connectivity index (χ4v) is 4.37. The molecule has 0 aliphatic carbocycles. The maximum Gasteiger partial charge on any atom is 0.255 e. The van der Waals surface area contributed by atoms with Gasteiger partial charge >= 0.3 is 0 Å². The maximum absolute atomic E-state index is 13.2. The summed E-state index contributed by atoms with van der Waals surface area (Å²) in [6.07, 6.45) is 0. The predicted molar refractivity (Wildman–Crippen MR) is 128 cm³/mol. The largest absolute Gasteiger partial charge is 0.493 e. The van der Waals surface area contributed by atoms with E-state index >= 15 is 0 Å². The Bertz CT molecular complexity index is 1060. The van der Waals surface area contributed by atoms with Crippen LogP contribution in [0.3, 0.4) is 0 Å². The van der Waals surface area contributed by atoms with Crippen molar-refractivity contribution in [1.29, 1.82) is 0 Å². The number of aromatic nitrogens is 1. The third kappa shape index (κ3) is 4.87. The summed E-state index contributed by atoms with van der Waals surface area (Å²) in [7, 11) is 5.32. The molecule has 0 atom stereocenters. The number of ether oxygens (including phenoxy) is 2. The van der Waals surface area contributed by atoms with Gasteiger partial charge in [0.2, 0.25) is 0 Å². The normalized spacial score (nSPS) is 14.3. The SMILES string of the molecule is COc1ccc(CNC(=O)c2ccc(-c3ccsc3)nc2N2CCN(C)CC2)cc1OC. The molecule has 1 amide bonds. The van der Waals surface area contributed by atoms with Crippen LogP contribution in [0.1, 0.15) is 15.9 Å². The molecule has 0 radical (unpaired) electrons. The third-order valence-electron chi connectivity index (χ3n) is 5.64. The van der Waals surface area contributed by atoms with Crippen LogP contribution in [0.4, 0.5) is 5.82 Å². The number of piperazine rings is 1. The number of hydrogen-bond donors (Lipinski definition) is 1. The van der Waals surface area contributed by atoms with Crippen LogP contribution in [0.25, 0.3) is 11.3 Å². The molecule has 1 N–H and O–H groups in total. The molecule has 7 nitrogen and oxygen atoms in total. The second kappa shape index (κ2) is 10.0. The lowest BCUT2D eigenvalue weighted by Crippen LogP contribution is -2.45. The van der Waals surface area contributed by atoms with E-state index in [0.29, 0.717) is 23.6 Å². The van der Waals surface area contributed by atoms with Gasteiger partial charge in [0.15, 0.2) is 11.5 Å². The van der Waals surface area contributed by atoms with Crippen LogP contribution in [0.15, 0.2) is 47.2 Å². The van der Waals surface area contributed by atoms with Crippen LogP contribution < -0.4 is 19.7 Å². The number of nitrogens with one attached hydrogen (secondary N) is 1. The lowest BCUT2D eigenvalue weighted by atomic mass is 10.1. The summed E-state index contributed by atoms with van der Waals surface area (Å²) in [5.41, 5.74) is 3.48. The van der Waals surface area contributed by atoms with E-state index in [2.05, 4.69) is 33.6 Å². The molecule has 0 saturated carbocycles. The number of carbonyl (C=O) groups excluding carboxylic acids is 1. The lowest BCUT2D eigenvalue weighted by molar-refractivity contribution is 0.0951. The van der Waals surface area contributed by atoms with E-state index < -0.39 is 0 Å². The first kappa shape index (κ1) is 22.1. The number of carbonyl (C=O) groups is 1. The Morgan fingerprint density at radius 3 is 2.53 bits per heavy atom. The summed E-state index contributed by atoms with van der Waals surface area (Å²) in [4.78, 5) is 22.6. The van der Waals surface area contributed by atoms with Crippen LogP contribution in [0.5, 0.6) is 11.5 Å². The van der Waals surface area contributed by atoms with Gasteiger partial charge in [-0.05, 0) is 48.3 Å². The number of likely N-dealkylation sites (N-methyl/N-ethyl adjacent to an activating group) is 1. The topological polar surface area (TPSA) is 66.9 Å². The highest BCUT2D eigenvalue weighted by atomic mass is 32.1. The van der Waals surface area contributed by atoms with E-state index in [0.717, 1.165) is 48.8 Å². The Labute approximate surface area is 192 Å². The van der Waals surface area contributed by atoms with Gasteiger partial charge in [-0.1, -0.05) is 6.07 Å². The zero-order valence-electron chi connectivity index (χ0n) is 18.6. The number of methoxy groups -OCH3 is 2. The van der Waals surface area contributed by atoms with Crippen molar-refractivity contribution in [2.75, 3.05) is 52.3 Å². The van der Waals surface area contributed by atoms with Gasteiger partial charge in [-0.25, -0.2) is 4.98 Å². The summed E-state index contributed by atoms with van der Waals surface area (Å²) in [6, 6.07) is 11.5. The van der Waals surface area contributed by atoms with Crippen LogP contribution in [-0.4, -0.2) is 63.2 Å². The second-order valence-electron chi connectivity index (χ2n) is 7.74. The fourth-order valence-electron chi connectivity index (χ4n) is 3.72. The number of hydrogen-bond acceptors (Lipinski definition) is 7. The van der Waals surface area contributed by atoms with Gasteiger partial charge in [0.1, 0.15) is 5.82 Å². The van der Waals surface area contributed by atoms with Crippen LogP contribution in [-0.2, 0) is 6.54 Å². The molecule has 3 heterocycles. The first-order valence-electron chi connectivity index (χ1n) is 10.5. The molecule has 32 heavy (non-hydrogen) atoms. The summed E-state index contributed by atoms with van der Waals surface area (Å²) in [5.74, 6) is 1.90. The highest BCUT2D eigenvalue weighted by Crippen LogP contribution is 2.29. The molecule has 4 rings (SSSR count). The summed E-state index contributed by atoms with van der Waals surface area (Å²) in [5, 5.41) is 7.15. The molecule has 1 aromatic carbocycles. The minimum atomic E-state index is -0.141. The van der Waals surface area contributed by atoms with Crippen molar-refractivity contribution in [3.63, 3.8) is 0 Å². The molecule has 168 valence electrons. The standard InChI is InChI=1S/C24H28N4O3S/c1-27-9-11-28(12-10-27)23-19(5-6-20(26-23)18-8-13-32-16-18)24(29)25-15-17-4-7-21(30-2)22(14-17)31-3/h4-8,13-14,16H,9-12,15H2,1-3H3,(H,25,29). The van der Waals surface area contributed by atoms with Gasteiger partial charge in [0, 0.05) is 43.7 Å². The van der Waals surface area contributed by atoms with Gasteiger partial charge in [0.05, 0.1) is 25.5 Å². The Morgan fingerprint density at radius 1 is 1.06 bits per heavy atom. The minimum absolute atomic E-state index is 0.141. The number of thiophene rings is 1. The number of anilines is 1. The van der Waals surface area contributed by atoms with E-state index in [1.165, 1.54) is 0 Å². The number of rotatable bonds is 7. The molecule has 2 aromatic heterocycles. The molecule has 1 fully saturated rings. The van der Waals surface area contributed by atoms with Gasteiger partial charge < -0.3 is 24.6 Å². The van der Waals surface area contributed by atoms with Crippen LogP contribution in [0.2, 0.25) is 0 Å². The first-order valence-corrected chi connectivity index (χ1v) is 11.5. The molecule has 1 aliphatic rings. The van der Waals surface area contributed by atoms with Crippen LogP contribution in [0, 0.1) is 0 Å². The highest BCUT2D eigenvalue weighted by molar-refractivity contribution is 7.08. The summed E-state index contributed by atoms with van der Waals surface area (Å²) in [6.45, 7) is 3.95. The molecule has 1 saturated heterocycles. The quantitative estimate of drug-likeness (QED) is 0.592. The average molecular weight is 453 g/mol. The molecule has 0 unspecified atom stereocenters. The molecule has 8 heteroatoms. The summed E-state index contributed by atoms with van der Waals surface area (Å²) >= 11 is 1.64. The minimum Gasteiger partial charge on any atom is -0.493 e. The highest BCUT2D eigenvalue weighted by Gasteiger charge is 2.22. The van der Waals surface area contributed by atoms with E-state index in [1.807, 2.05) is 35.7 Å². The second-order valence-corrected chi connectivity index (χ2v) is 8.52. The van der Waals surface area contributed by atoms with Gasteiger partial charge in [0.25, 0.3) is 5.91 Å². The van der Waals surface area contributed by atoms with Crippen molar-refractivity contribution in [1.82, 2.24) is 15.2 Å². The van der Waals surface area contributed by atoms with Crippen molar-refractivity contribution >= 4 is 23.1 Å². The van der Waals surface area contributed by atoms with Crippen molar-refractivity contribution < 1.29 is 14.3 Å². The number of pyridine rings is 1. The van der Waals surface area contributed by atoms with E-state index in [1.54, 1.807) is 25.6 Å². The van der Waals surface area contributed by atoms with E-state index in [9.17, 15) is 4.79 Å². The maximum atomic E-state index is 13.2. The Kier molecular flexibility index (Phi) is 6.92. The fraction of sp³-hybridized carbons (Fsp3) is 0.333. The van der Waals surface area contributed by atoms with Crippen molar-refractivity contribution in [3.05, 3.63) is 58.3 Å². The smallest absolute Gasteiger partial charge is 0.255 e. The molecule has 3 aromatic rings. The zero-order chi connectivity index (χ0) is 22.5. The lowest BCUT2D eigenvalue weighted by Gasteiger charge is -2.34. The number of amides is 1. The third-order valence-corrected chi connectivity index (χ3v) is 6.32. The number of nitrogens with zero attached hydrogens (tertiary/aromatic N) is 3. The van der Waals surface area contributed by atoms with Gasteiger partial charge in [-0.15, -0.1) is 0 Å². The number of benzene rings is 1. The Hall–Kier alpha value is -3.10. The van der Waals surface area contributed by atoms with E-state index in [4.69, 9.17) is 14.5 Å². The predicted octanol–water partition coefficient (Wildman–Crippen LogP) is 3.51. The van der Waals surface area contributed by atoms with Gasteiger partial charge in [-0.3, -0.25) is 4.79 Å². The van der Waals surface area contributed by atoms with Crippen molar-refractivity contribution in [3.8, 4) is 22.8 Å². The molecular weight excluding hydrogens is 424 g/mol. The van der Waals surface area contributed by atoms with Crippen molar-refractivity contribution in [2.45, 2.75) is 6.54 Å². The first-order chi connectivity index (χ1) is 15.6. The van der Waals surface area contributed by atoms with Gasteiger partial charge in [-0.2, -0.15) is 11.3 Å². The average Bonchev–Trinajstić information content (AvgIpc) is 3.37. The van der Waals surface area contributed by atoms with Crippen molar-refractivity contribution in [2.24, 2.45) is 0 Å². The molecule has 0 spiro atoms. The molecular formula is C24H28N4O3S.